The van der Waals surface area contributed by atoms with E-state index in [1.165, 1.54) is 0 Å². The lowest BCUT2D eigenvalue weighted by atomic mass is 9.98. The normalized spacial score (nSPS) is 18.3. The fourth-order valence-corrected chi connectivity index (χ4v) is 4.43. The van der Waals surface area contributed by atoms with Crippen LogP contribution in [0.3, 0.4) is 0 Å². The molecule has 1 aromatic carbocycles. The molecule has 1 saturated heterocycles. The molecule has 0 aliphatic carbocycles. The first-order chi connectivity index (χ1) is 15.0. The average Bonchev–Trinajstić information content (AvgIpc) is 3.28. The molecule has 0 saturated carbocycles. The van der Waals surface area contributed by atoms with Gasteiger partial charge in [-0.2, -0.15) is 0 Å². The maximum absolute atomic E-state index is 6.47. The number of nitrogens with two attached hydrogens (primary N) is 1. The zero-order valence-corrected chi connectivity index (χ0v) is 19.1. The number of nitrogens with one attached hydrogen (secondary N) is 5. The Balaban J connectivity index is 1.59. The highest BCUT2D eigenvalue weighted by atomic mass is 35.5. The molecule has 2 aliphatic rings. The van der Waals surface area contributed by atoms with Crippen molar-refractivity contribution >= 4 is 28.9 Å². The summed E-state index contributed by atoms with van der Waals surface area (Å²) in [5.41, 5.74) is 8.94. The number of hydrogen-bond acceptors (Lipinski definition) is 6. The largest absolute Gasteiger partial charge is 0.393 e. The van der Waals surface area contributed by atoms with E-state index in [0.717, 1.165) is 61.9 Å². The summed E-state index contributed by atoms with van der Waals surface area (Å²) in [6, 6.07) is 5.53. The molecule has 1 aromatic heterocycles. The maximum atomic E-state index is 6.47. The number of H-pyrrole nitrogens is 2. The van der Waals surface area contributed by atoms with E-state index in [9.17, 15) is 0 Å². The number of hydrogen-bond donors (Lipinski definition) is 5. The van der Waals surface area contributed by atoms with Crippen LogP contribution in [0.1, 0.15) is 36.0 Å². The van der Waals surface area contributed by atoms with Crippen LogP contribution in [-0.4, -0.2) is 48.3 Å². The van der Waals surface area contributed by atoms with Gasteiger partial charge in [-0.1, -0.05) is 23.2 Å². The molecule has 2 aromatic rings. The SMILES string of the molecule is CNC1=C(C=C(N)c2n[nH]c(C3CCNCC3)[nH+]2)N(Cc2cc(Cl)ccc2Cl)CCN1. The highest BCUT2D eigenvalue weighted by Gasteiger charge is 2.25. The van der Waals surface area contributed by atoms with Crippen molar-refractivity contribution < 1.29 is 4.98 Å². The van der Waals surface area contributed by atoms with Crippen molar-refractivity contribution in [2.24, 2.45) is 5.73 Å². The lowest BCUT2D eigenvalue weighted by molar-refractivity contribution is -0.397. The molecule has 166 valence electrons. The Bertz CT molecular complexity index is 978. The molecule has 0 amide bonds. The van der Waals surface area contributed by atoms with Gasteiger partial charge in [-0.3, -0.25) is 0 Å². The van der Waals surface area contributed by atoms with Crippen LogP contribution in [0.4, 0.5) is 0 Å². The average molecular weight is 464 g/mol. The van der Waals surface area contributed by atoms with Gasteiger partial charge in [0.1, 0.15) is 11.5 Å². The molecule has 0 radical (unpaired) electrons. The summed E-state index contributed by atoms with van der Waals surface area (Å²) in [7, 11) is 1.89. The van der Waals surface area contributed by atoms with Crippen LogP contribution in [-0.2, 0) is 6.54 Å². The zero-order chi connectivity index (χ0) is 21.8. The number of benzene rings is 1. The third-order valence-electron chi connectivity index (χ3n) is 5.75. The van der Waals surface area contributed by atoms with Crippen LogP contribution in [0.5, 0.6) is 0 Å². The molecular weight excluding hydrogens is 435 g/mol. The predicted octanol–water partition coefficient (Wildman–Crippen LogP) is 1.79. The third-order valence-corrected chi connectivity index (χ3v) is 6.36. The van der Waals surface area contributed by atoms with Crippen molar-refractivity contribution in [3.05, 3.63) is 63.1 Å². The summed E-state index contributed by atoms with van der Waals surface area (Å²) in [4.78, 5) is 5.61. The van der Waals surface area contributed by atoms with Crippen molar-refractivity contribution in [3.63, 3.8) is 0 Å². The molecule has 1 fully saturated rings. The Morgan fingerprint density at radius 3 is 2.90 bits per heavy atom. The van der Waals surface area contributed by atoms with Gasteiger partial charge in [0.15, 0.2) is 0 Å². The maximum Gasteiger partial charge on any atom is 0.322 e. The molecule has 0 unspecified atom stereocenters. The first-order valence-electron chi connectivity index (χ1n) is 10.6. The van der Waals surface area contributed by atoms with Crippen molar-refractivity contribution in [1.82, 2.24) is 31.0 Å². The number of halogens is 2. The first-order valence-corrected chi connectivity index (χ1v) is 11.3. The fourth-order valence-electron chi connectivity index (χ4n) is 4.06. The lowest BCUT2D eigenvalue weighted by Crippen LogP contribution is -2.42. The minimum Gasteiger partial charge on any atom is -0.393 e. The molecule has 2 aliphatic heterocycles. The van der Waals surface area contributed by atoms with E-state index in [1.54, 1.807) is 6.07 Å². The third kappa shape index (κ3) is 5.08. The number of aromatic nitrogens is 3. The quantitative estimate of drug-likeness (QED) is 0.446. The summed E-state index contributed by atoms with van der Waals surface area (Å²) in [5, 5.41) is 18.9. The van der Waals surface area contributed by atoms with Crippen LogP contribution < -0.4 is 26.7 Å². The van der Waals surface area contributed by atoms with Crippen molar-refractivity contribution in [2.45, 2.75) is 25.3 Å². The Labute approximate surface area is 192 Å². The molecule has 10 heteroatoms. The molecule has 7 N–H and O–H groups in total. The van der Waals surface area contributed by atoms with E-state index in [2.05, 4.69) is 36.0 Å². The molecular formula is C21H29Cl2N8+. The second-order valence-corrected chi connectivity index (χ2v) is 8.67. The van der Waals surface area contributed by atoms with E-state index in [0.29, 0.717) is 34.0 Å². The molecule has 3 heterocycles. The highest BCUT2D eigenvalue weighted by Crippen LogP contribution is 2.26. The second-order valence-electron chi connectivity index (χ2n) is 7.83. The van der Waals surface area contributed by atoms with Crippen molar-refractivity contribution in [1.29, 1.82) is 0 Å². The number of aromatic amines is 2. The van der Waals surface area contributed by atoms with E-state index in [1.807, 2.05) is 25.3 Å². The topological polar surface area (TPSA) is 108 Å². The van der Waals surface area contributed by atoms with E-state index < -0.39 is 0 Å². The molecule has 0 atom stereocenters. The van der Waals surface area contributed by atoms with Gasteiger partial charge < -0.3 is 26.6 Å². The van der Waals surface area contributed by atoms with Crippen LogP contribution in [0, 0.1) is 0 Å². The van der Waals surface area contributed by atoms with E-state index in [4.69, 9.17) is 28.9 Å². The number of piperidine rings is 1. The van der Waals surface area contributed by atoms with Gasteiger partial charge in [-0.25, -0.2) is 4.98 Å². The summed E-state index contributed by atoms with van der Waals surface area (Å²) < 4.78 is 0. The van der Waals surface area contributed by atoms with Crippen molar-refractivity contribution in [2.75, 3.05) is 33.2 Å². The smallest absolute Gasteiger partial charge is 0.322 e. The Kier molecular flexibility index (Phi) is 6.89. The van der Waals surface area contributed by atoms with Gasteiger partial charge in [0, 0.05) is 41.8 Å². The van der Waals surface area contributed by atoms with Gasteiger partial charge in [0.25, 0.3) is 0 Å². The fraction of sp³-hybridized carbons (Fsp3) is 0.429. The number of rotatable bonds is 6. The Morgan fingerprint density at radius 2 is 2.13 bits per heavy atom. The predicted molar refractivity (Wildman–Crippen MR) is 123 cm³/mol. The minimum atomic E-state index is 0.445. The number of allylic oxidation sites excluding steroid dienone is 1. The number of nitrogens with zero attached hydrogens (tertiary/aromatic N) is 2. The van der Waals surface area contributed by atoms with Crippen LogP contribution in [0.15, 0.2) is 35.8 Å². The Morgan fingerprint density at radius 1 is 1.32 bits per heavy atom. The van der Waals surface area contributed by atoms with E-state index in [-0.39, 0.29) is 0 Å². The van der Waals surface area contributed by atoms with Gasteiger partial charge in [-0.05, 0) is 55.8 Å². The molecule has 8 nitrogen and oxygen atoms in total. The molecule has 0 spiro atoms. The van der Waals surface area contributed by atoms with Gasteiger partial charge in [-0.15, -0.1) is 5.10 Å². The monoisotopic (exact) mass is 463 g/mol. The summed E-state index contributed by atoms with van der Waals surface area (Å²) in [5.74, 6) is 3.02. The Hall–Kier alpha value is -2.42. The first kappa shape index (κ1) is 21.8. The molecule has 0 bridgehead atoms. The highest BCUT2D eigenvalue weighted by molar-refractivity contribution is 6.33. The molecule has 31 heavy (non-hydrogen) atoms. The summed E-state index contributed by atoms with van der Waals surface area (Å²) in [6.45, 7) is 4.26. The second kappa shape index (κ2) is 9.80. The van der Waals surface area contributed by atoms with Gasteiger partial charge >= 0.3 is 5.82 Å². The van der Waals surface area contributed by atoms with Crippen LogP contribution in [0.2, 0.25) is 10.0 Å². The summed E-state index contributed by atoms with van der Waals surface area (Å²) in [6.07, 6.45) is 4.10. The van der Waals surface area contributed by atoms with Gasteiger partial charge in [0.2, 0.25) is 5.82 Å². The zero-order valence-electron chi connectivity index (χ0n) is 17.6. The van der Waals surface area contributed by atoms with Gasteiger partial charge in [0.05, 0.1) is 11.6 Å². The van der Waals surface area contributed by atoms with E-state index >= 15 is 0 Å². The molecule has 4 rings (SSSR count). The summed E-state index contributed by atoms with van der Waals surface area (Å²) >= 11 is 12.6. The van der Waals surface area contributed by atoms with Crippen molar-refractivity contribution in [3.8, 4) is 0 Å². The minimum absolute atomic E-state index is 0.445. The van der Waals surface area contributed by atoms with Crippen LogP contribution in [0.25, 0.3) is 5.70 Å². The van der Waals surface area contributed by atoms with Crippen LogP contribution >= 0.6 is 23.2 Å². The standard InChI is InChI=1S/C21H28Cl2N8/c1-25-21-18(31(9-8-27-21)12-14-10-15(22)2-3-16(14)23)11-17(24)20-28-19(29-30-20)13-4-6-26-7-5-13/h2-3,10-11,13,25-27H,4-9,12,24H2,1H3,(H,28,29,30)/p+1. The lowest BCUT2D eigenvalue weighted by Gasteiger charge is -2.33.